The Morgan fingerprint density at radius 1 is 2.00 bits per heavy atom. The van der Waals surface area contributed by atoms with Crippen LogP contribution in [0.5, 0.6) is 0 Å². The SMILES string of the molecule is N=S(=O)(O)F. The summed E-state index contributed by atoms with van der Waals surface area (Å²) in [6.45, 7) is 0. The maximum absolute atomic E-state index is 10.4. The van der Waals surface area contributed by atoms with Crippen molar-refractivity contribution < 1.29 is 12.6 Å². The highest BCUT2D eigenvalue weighted by molar-refractivity contribution is 7.81. The van der Waals surface area contributed by atoms with E-state index in [4.69, 9.17) is 13.5 Å². The molecule has 0 bridgehead atoms. The molecule has 0 aromatic carbocycles. The first-order chi connectivity index (χ1) is 2.00. The Labute approximate surface area is 28.9 Å². The van der Waals surface area contributed by atoms with Crippen LogP contribution in [-0.4, -0.2) is 8.76 Å². The zero-order valence-electron chi connectivity index (χ0n) is 2.14. The van der Waals surface area contributed by atoms with Crippen molar-refractivity contribution in [2.75, 3.05) is 0 Å². The molecule has 0 aliphatic rings. The van der Waals surface area contributed by atoms with Crippen molar-refractivity contribution in [3.05, 3.63) is 0 Å². The first-order valence-corrected chi connectivity index (χ1v) is 2.12. The van der Waals surface area contributed by atoms with E-state index in [1.165, 1.54) is 0 Å². The van der Waals surface area contributed by atoms with Gasteiger partial charge >= 0.3 is 10.4 Å². The summed E-state index contributed by atoms with van der Waals surface area (Å²) < 4.78 is 31.6. The third kappa shape index (κ3) is 508. The fourth-order valence-corrected chi connectivity index (χ4v) is 0. The van der Waals surface area contributed by atoms with Crippen LogP contribution >= 0.6 is 0 Å². The lowest BCUT2D eigenvalue weighted by Crippen LogP contribution is -1.76. The molecule has 0 heterocycles. The summed E-state index contributed by atoms with van der Waals surface area (Å²) in [5.41, 5.74) is 0. The van der Waals surface area contributed by atoms with Gasteiger partial charge in [-0.2, -0.15) is 4.21 Å². The molecule has 0 radical (unpaired) electrons. The topological polar surface area (TPSA) is 61.2 Å². The summed E-state index contributed by atoms with van der Waals surface area (Å²) in [6.07, 6.45) is 0. The molecular formula is H2FNO2S. The van der Waals surface area contributed by atoms with Crippen molar-refractivity contribution in [2.24, 2.45) is 0 Å². The molecule has 0 rings (SSSR count). The van der Waals surface area contributed by atoms with Gasteiger partial charge in [-0.05, 0) is 0 Å². The van der Waals surface area contributed by atoms with E-state index in [0.717, 1.165) is 0 Å². The van der Waals surface area contributed by atoms with Gasteiger partial charge in [-0.15, -0.1) is 0 Å². The number of nitrogens with one attached hydrogen (secondary N) is 1. The van der Waals surface area contributed by atoms with Crippen molar-refractivity contribution in [3.8, 4) is 0 Å². The highest BCUT2D eigenvalue weighted by Crippen LogP contribution is 1.77. The molecule has 0 aliphatic heterocycles. The second-order valence-corrected chi connectivity index (χ2v) is 1.37. The summed E-state index contributed by atoms with van der Waals surface area (Å²) in [4.78, 5) is 0. The molecule has 0 saturated heterocycles. The predicted octanol–water partition coefficient (Wildman–Crippen LogP) is 0.391. The highest BCUT2D eigenvalue weighted by Gasteiger charge is 1.82. The van der Waals surface area contributed by atoms with Gasteiger partial charge in [0.05, 0.1) is 0 Å². The monoisotopic (exact) mass is 99.0 g/mol. The van der Waals surface area contributed by atoms with Crippen LogP contribution in [0, 0.1) is 4.78 Å². The molecule has 2 N–H and O–H groups in total. The molecule has 1 unspecified atom stereocenters. The van der Waals surface area contributed by atoms with Crippen LogP contribution < -0.4 is 0 Å². The van der Waals surface area contributed by atoms with E-state index in [1.54, 1.807) is 0 Å². The maximum atomic E-state index is 10.4. The average molecular weight is 99.1 g/mol. The summed E-state index contributed by atoms with van der Waals surface area (Å²) >= 11 is 0. The fraction of sp³-hybridized carbons (Fsp3) is 0. The van der Waals surface area contributed by atoms with Crippen molar-refractivity contribution in [1.29, 1.82) is 4.78 Å². The molecule has 0 saturated carbocycles. The quantitative estimate of drug-likeness (QED) is 0.431. The average Bonchev–Trinajstić information content (AvgIpc) is 0.722. The molecule has 0 spiro atoms. The van der Waals surface area contributed by atoms with Gasteiger partial charge in [-0.25, -0.2) is 4.78 Å². The second kappa shape index (κ2) is 0.908. The van der Waals surface area contributed by atoms with E-state index in [1.807, 2.05) is 0 Å². The van der Waals surface area contributed by atoms with E-state index < -0.39 is 10.4 Å². The van der Waals surface area contributed by atoms with Crippen LogP contribution in [0.25, 0.3) is 0 Å². The number of hydrogen-bond donors (Lipinski definition) is 2. The number of halogens is 1. The molecule has 5 heavy (non-hydrogen) atoms. The standard InChI is InChI=1S/FH2NO2S/c1-5(2,3)4/h(H2,2,3,4). The first kappa shape index (κ1) is 4.84. The predicted molar refractivity (Wildman–Crippen MR) is 14.6 cm³/mol. The Bertz CT molecular complexity index is 92.8. The molecule has 5 heteroatoms. The minimum absolute atomic E-state index is 4.67. The lowest BCUT2D eigenvalue weighted by molar-refractivity contribution is 0.499. The molecule has 0 amide bonds. The third-order valence-electron chi connectivity index (χ3n) is 0. The van der Waals surface area contributed by atoms with E-state index in [0.29, 0.717) is 0 Å². The van der Waals surface area contributed by atoms with Crippen LogP contribution in [0.15, 0.2) is 0 Å². The van der Waals surface area contributed by atoms with Gasteiger partial charge in [0, 0.05) is 0 Å². The summed E-state index contributed by atoms with van der Waals surface area (Å²) in [7, 11) is -4.67. The van der Waals surface area contributed by atoms with Crippen molar-refractivity contribution in [3.63, 3.8) is 0 Å². The molecule has 0 aliphatic carbocycles. The zero-order chi connectivity index (χ0) is 4.50. The maximum Gasteiger partial charge on any atom is 0.324 e. The van der Waals surface area contributed by atoms with E-state index in [2.05, 4.69) is 0 Å². The number of rotatable bonds is 0. The van der Waals surface area contributed by atoms with Crippen molar-refractivity contribution >= 4 is 10.4 Å². The van der Waals surface area contributed by atoms with E-state index in [-0.39, 0.29) is 0 Å². The summed E-state index contributed by atoms with van der Waals surface area (Å²) in [5, 5.41) is 0. The Morgan fingerprint density at radius 2 is 2.00 bits per heavy atom. The molecule has 0 fully saturated rings. The largest absolute Gasteiger partial charge is 0.324 e. The van der Waals surface area contributed by atoms with Crippen molar-refractivity contribution in [2.45, 2.75) is 0 Å². The van der Waals surface area contributed by atoms with E-state index >= 15 is 0 Å². The zero-order valence-corrected chi connectivity index (χ0v) is 2.96. The molecule has 0 aromatic rings. The molecule has 0 aromatic heterocycles. The lowest BCUT2D eigenvalue weighted by atomic mass is 14.0. The number of hydrogen-bond acceptors (Lipinski definition) is 2. The normalized spacial score (nSPS) is 21.2. The summed E-state index contributed by atoms with van der Waals surface area (Å²) in [5.74, 6) is 0. The minimum Gasteiger partial charge on any atom is -0.276 e. The molecule has 1 atom stereocenters. The van der Waals surface area contributed by atoms with Gasteiger partial charge in [0.1, 0.15) is 0 Å². The van der Waals surface area contributed by atoms with Crippen LogP contribution in [0.1, 0.15) is 0 Å². The smallest absolute Gasteiger partial charge is 0.276 e. The second-order valence-electron chi connectivity index (χ2n) is 0.458. The minimum atomic E-state index is -4.67. The van der Waals surface area contributed by atoms with Crippen LogP contribution in [-0.2, 0) is 10.4 Å². The molecular weight excluding hydrogens is 97.1 g/mol. The van der Waals surface area contributed by atoms with E-state index in [9.17, 15) is 3.89 Å². The Hall–Kier alpha value is -0.160. The molecule has 3 nitrogen and oxygen atoms in total. The fourth-order valence-electron chi connectivity index (χ4n) is 0. The summed E-state index contributed by atoms with van der Waals surface area (Å²) in [6, 6.07) is 0. The third-order valence-corrected chi connectivity index (χ3v) is 0. The van der Waals surface area contributed by atoms with Crippen LogP contribution in [0.4, 0.5) is 3.89 Å². The van der Waals surface area contributed by atoms with Crippen molar-refractivity contribution in [1.82, 2.24) is 0 Å². The van der Waals surface area contributed by atoms with Crippen LogP contribution in [0.2, 0.25) is 0 Å². The Morgan fingerprint density at radius 3 is 2.00 bits per heavy atom. The highest BCUT2D eigenvalue weighted by atomic mass is 32.3. The van der Waals surface area contributed by atoms with Gasteiger partial charge in [0.15, 0.2) is 0 Å². The molecule has 32 valence electrons. The Balaban J connectivity index is 4.06. The van der Waals surface area contributed by atoms with Gasteiger partial charge in [0.2, 0.25) is 0 Å². The first-order valence-electron chi connectivity index (χ1n) is 0.708. The van der Waals surface area contributed by atoms with Gasteiger partial charge in [0.25, 0.3) is 0 Å². The Kier molecular flexibility index (Phi) is 0.879. The van der Waals surface area contributed by atoms with Gasteiger partial charge < -0.3 is 0 Å². The van der Waals surface area contributed by atoms with Gasteiger partial charge in [-0.3, -0.25) is 4.55 Å². The van der Waals surface area contributed by atoms with Crippen LogP contribution in [0.3, 0.4) is 0 Å². The van der Waals surface area contributed by atoms with Gasteiger partial charge in [-0.1, -0.05) is 3.89 Å². The lowest BCUT2D eigenvalue weighted by Gasteiger charge is -1.68.